The van der Waals surface area contributed by atoms with Crippen LogP contribution in [0.4, 0.5) is 5.69 Å². The predicted molar refractivity (Wildman–Crippen MR) is 120 cm³/mol. The van der Waals surface area contributed by atoms with Gasteiger partial charge in [0.05, 0.1) is 35.5 Å². The first-order chi connectivity index (χ1) is 16.1. The molecule has 0 spiro atoms. The van der Waals surface area contributed by atoms with E-state index in [9.17, 15) is 29.6 Å². The van der Waals surface area contributed by atoms with Crippen molar-refractivity contribution in [2.45, 2.75) is 18.0 Å². The quantitative estimate of drug-likeness (QED) is 0.275. The van der Waals surface area contributed by atoms with Crippen molar-refractivity contribution in [1.29, 1.82) is 0 Å². The van der Waals surface area contributed by atoms with Crippen LogP contribution >= 0.6 is 15.9 Å². The number of nitro benzene ring substituents is 1. The van der Waals surface area contributed by atoms with Crippen LogP contribution in [0.15, 0.2) is 40.9 Å². The summed E-state index contributed by atoms with van der Waals surface area (Å²) in [5, 5.41) is 26.6. The largest absolute Gasteiger partial charge is 0.493 e. The molecule has 0 aromatic heterocycles. The van der Waals surface area contributed by atoms with Crippen molar-refractivity contribution < 1.29 is 33.9 Å². The lowest BCUT2D eigenvalue weighted by atomic mass is 9.76. The van der Waals surface area contributed by atoms with E-state index in [0.717, 1.165) is 0 Å². The van der Waals surface area contributed by atoms with Crippen molar-refractivity contribution in [3.05, 3.63) is 62.1 Å². The van der Waals surface area contributed by atoms with Crippen LogP contribution < -0.4 is 20.1 Å². The van der Waals surface area contributed by atoms with Crippen molar-refractivity contribution >= 4 is 39.4 Å². The van der Waals surface area contributed by atoms with E-state index in [4.69, 9.17) is 9.47 Å². The zero-order valence-corrected chi connectivity index (χ0v) is 19.6. The third-order valence-corrected chi connectivity index (χ3v) is 6.91. The number of hydrogen-bond acceptors (Lipinski definition) is 8. The summed E-state index contributed by atoms with van der Waals surface area (Å²) < 4.78 is 11.2. The lowest BCUT2D eigenvalue weighted by Crippen LogP contribution is -2.57. The van der Waals surface area contributed by atoms with Gasteiger partial charge in [-0.2, -0.15) is 0 Å². The number of halogens is 1. The van der Waals surface area contributed by atoms with Crippen LogP contribution in [-0.2, 0) is 20.8 Å². The lowest BCUT2D eigenvalue weighted by Gasteiger charge is -2.30. The average Bonchev–Trinajstić information content (AvgIpc) is 3.30. The Morgan fingerprint density at radius 3 is 2.41 bits per heavy atom. The number of benzene rings is 2. The van der Waals surface area contributed by atoms with E-state index >= 15 is 0 Å². The van der Waals surface area contributed by atoms with Gasteiger partial charge in [-0.3, -0.25) is 35.1 Å². The lowest BCUT2D eigenvalue weighted by molar-refractivity contribution is -0.384. The molecule has 4 atom stereocenters. The number of amides is 2. The second kappa shape index (κ2) is 8.69. The summed E-state index contributed by atoms with van der Waals surface area (Å²) in [6, 6.07) is 7.87. The molecular weight excluding hydrogens is 514 g/mol. The van der Waals surface area contributed by atoms with Gasteiger partial charge in [0, 0.05) is 24.6 Å². The van der Waals surface area contributed by atoms with Gasteiger partial charge in [-0.05, 0) is 39.2 Å². The minimum Gasteiger partial charge on any atom is -0.493 e. The number of fused-ring (bicyclic) bond motifs is 1. The van der Waals surface area contributed by atoms with Gasteiger partial charge in [0.1, 0.15) is 5.54 Å². The zero-order chi connectivity index (χ0) is 24.8. The maximum Gasteiger partial charge on any atom is 0.325 e. The maximum atomic E-state index is 12.8. The Labute approximate surface area is 201 Å². The fraction of sp³-hybridized carbons (Fsp3) is 0.318. The van der Waals surface area contributed by atoms with Crippen molar-refractivity contribution in [1.82, 2.24) is 10.6 Å². The van der Waals surface area contributed by atoms with Crippen LogP contribution in [0.5, 0.6) is 11.5 Å². The average molecular weight is 534 g/mol. The molecular formula is C22H20BrN3O8. The Morgan fingerprint density at radius 1 is 1.18 bits per heavy atom. The van der Waals surface area contributed by atoms with Gasteiger partial charge in [-0.15, -0.1) is 0 Å². The molecule has 3 N–H and O–H groups in total. The highest BCUT2D eigenvalue weighted by atomic mass is 79.9. The Morgan fingerprint density at radius 2 is 1.85 bits per heavy atom. The van der Waals surface area contributed by atoms with Gasteiger partial charge in [0.2, 0.25) is 11.8 Å². The number of methoxy groups -OCH3 is 2. The molecule has 2 aliphatic heterocycles. The first-order valence-electron chi connectivity index (χ1n) is 10.1. The number of nitrogens with one attached hydrogen (secondary N) is 2. The number of carboxylic acids is 1. The summed E-state index contributed by atoms with van der Waals surface area (Å²) in [5.41, 5.74) is -0.995. The van der Waals surface area contributed by atoms with Crippen LogP contribution in [0.1, 0.15) is 17.2 Å². The van der Waals surface area contributed by atoms with E-state index in [1.54, 1.807) is 12.1 Å². The number of aliphatic carboxylic acids is 1. The highest BCUT2D eigenvalue weighted by Crippen LogP contribution is 2.49. The Balaban J connectivity index is 1.81. The van der Waals surface area contributed by atoms with E-state index < -0.39 is 46.1 Å². The fourth-order valence-corrected chi connectivity index (χ4v) is 5.45. The Kier molecular flexibility index (Phi) is 6.04. The topological polar surface area (TPSA) is 157 Å². The second-order valence-corrected chi connectivity index (χ2v) is 8.95. The molecule has 0 aliphatic carbocycles. The molecule has 4 rings (SSSR count). The predicted octanol–water partition coefficient (Wildman–Crippen LogP) is 1.97. The standard InChI is InChI=1S/C22H20BrN3O8/c1-33-14-8-11(7-13(23)18(14)34-2)17-15-16(20(28)24-19(15)27)22(25-17,21(29)30)9-10-3-5-12(6-4-10)26(31)32/h3-8,15-17,25H,9H2,1-2H3,(H,29,30)(H,24,27,28). The van der Waals surface area contributed by atoms with Gasteiger partial charge in [0.15, 0.2) is 11.5 Å². The van der Waals surface area contributed by atoms with Crippen LogP contribution in [0.3, 0.4) is 0 Å². The minimum absolute atomic E-state index is 0.146. The van der Waals surface area contributed by atoms with Crippen LogP contribution in [-0.4, -0.2) is 47.6 Å². The highest BCUT2D eigenvalue weighted by molar-refractivity contribution is 9.10. The zero-order valence-electron chi connectivity index (χ0n) is 18.0. The molecule has 4 unspecified atom stereocenters. The number of non-ortho nitro benzene ring substituents is 1. The summed E-state index contributed by atoms with van der Waals surface area (Å²) in [4.78, 5) is 48.7. The van der Waals surface area contributed by atoms with Crippen LogP contribution in [0.25, 0.3) is 0 Å². The summed E-state index contributed by atoms with van der Waals surface area (Å²) >= 11 is 3.40. The van der Waals surface area contributed by atoms with E-state index in [2.05, 4.69) is 26.6 Å². The first kappa shape index (κ1) is 23.6. The number of nitro groups is 1. The van der Waals surface area contributed by atoms with E-state index in [0.29, 0.717) is 27.1 Å². The molecule has 11 nitrogen and oxygen atoms in total. The minimum atomic E-state index is -1.83. The molecule has 2 saturated heterocycles. The molecule has 0 bridgehead atoms. The second-order valence-electron chi connectivity index (χ2n) is 8.09. The summed E-state index contributed by atoms with van der Waals surface area (Å²) in [6.07, 6.45) is -0.173. The number of rotatable bonds is 7. The van der Waals surface area contributed by atoms with Gasteiger partial charge in [-0.25, -0.2) is 0 Å². The molecule has 2 aromatic carbocycles. The smallest absolute Gasteiger partial charge is 0.325 e. The monoisotopic (exact) mass is 533 g/mol. The van der Waals surface area contributed by atoms with Gasteiger partial charge >= 0.3 is 5.97 Å². The number of ether oxygens (including phenoxy) is 2. The molecule has 34 heavy (non-hydrogen) atoms. The van der Waals surface area contributed by atoms with Gasteiger partial charge in [0.25, 0.3) is 5.69 Å². The fourth-order valence-electron chi connectivity index (χ4n) is 4.83. The van der Waals surface area contributed by atoms with Crippen LogP contribution in [0, 0.1) is 22.0 Å². The number of carbonyl (C=O) groups excluding carboxylic acids is 2. The molecule has 0 saturated carbocycles. The molecule has 2 heterocycles. The van der Waals surface area contributed by atoms with Crippen molar-refractivity contribution in [3.8, 4) is 11.5 Å². The summed E-state index contributed by atoms with van der Waals surface area (Å²) in [6.45, 7) is 0. The summed E-state index contributed by atoms with van der Waals surface area (Å²) in [7, 11) is 2.91. The first-order valence-corrected chi connectivity index (χ1v) is 10.9. The van der Waals surface area contributed by atoms with Crippen molar-refractivity contribution in [2.75, 3.05) is 14.2 Å². The number of hydrogen-bond donors (Lipinski definition) is 3. The van der Waals surface area contributed by atoms with Gasteiger partial charge in [-0.1, -0.05) is 12.1 Å². The number of carbonyl (C=O) groups is 3. The normalized spacial score (nSPS) is 25.6. The molecule has 2 aliphatic rings. The molecule has 178 valence electrons. The van der Waals surface area contributed by atoms with Crippen LogP contribution in [0.2, 0.25) is 0 Å². The van der Waals surface area contributed by atoms with E-state index in [-0.39, 0.29) is 12.1 Å². The molecule has 0 radical (unpaired) electrons. The Bertz CT molecular complexity index is 1200. The van der Waals surface area contributed by atoms with E-state index in [1.807, 2.05) is 0 Å². The number of nitrogens with zero attached hydrogens (tertiary/aromatic N) is 1. The highest BCUT2D eigenvalue weighted by Gasteiger charge is 2.66. The molecule has 2 amide bonds. The molecule has 12 heteroatoms. The van der Waals surface area contributed by atoms with Crippen molar-refractivity contribution in [2.24, 2.45) is 11.8 Å². The SMILES string of the molecule is COc1cc(C2NC(Cc3ccc([N+](=O)[O-])cc3)(C(=O)O)C3C(=O)NC(=O)C23)cc(Br)c1OC. The number of carboxylic acid groups (broad SMARTS) is 1. The third-order valence-electron chi connectivity index (χ3n) is 6.32. The van der Waals surface area contributed by atoms with Crippen molar-refractivity contribution in [3.63, 3.8) is 0 Å². The van der Waals surface area contributed by atoms with E-state index in [1.165, 1.54) is 38.5 Å². The third kappa shape index (κ3) is 3.68. The molecule has 2 aromatic rings. The number of imide groups is 1. The van der Waals surface area contributed by atoms with Gasteiger partial charge < -0.3 is 14.6 Å². The molecule has 2 fully saturated rings. The summed E-state index contributed by atoms with van der Waals surface area (Å²) in [5.74, 6) is -4.00. The Hall–Kier alpha value is -3.51. The maximum absolute atomic E-state index is 12.8.